The van der Waals surface area contributed by atoms with E-state index < -0.39 is 0 Å². The van der Waals surface area contributed by atoms with Gasteiger partial charge in [0.05, 0.1) is 5.56 Å². The van der Waals surface area contributed by atoms with Crippen LogP contribution < -0.4 is 9.47 Å². The van der Waals surface area contributed by atoms with Crippen LogP contribution >= 0.6 is 39.1 Å². The quantitative estimate of drug-likeness (QED) is 0.289. The van der Waals surface area contributed by atoms with Crippen molar-refractivity contribution in [2.45, 2.75) is 0 Å². The van der Waals surface area contributed by atoms with Crippen LogP contribution in [0.2, 0.25) is 10.0 Å². The Balaban J connectivity index is 1.50. The second kappa shape index (κ2) is 8.64. The summed E-state index contributed by atoms with van der Waals surface area (Å²) in [6, 6.07) is 16.9. The van der Waals surface area contributed by atoms with Crippen LogP contribution in [0.25, 0.3) is 6.08 Å². The lowest BCUT2D eigenvalue weighted by Gasteiger charge is -2.07. The number of Topliss-reactive ketones (excluding diaryl/α,β-unsaturated/α-hetero) is 2. The van der Waals surface area contributed by atoms with Crippen molar-refractivity contribution in [2.24, 2.45) is 0 Å². The number of fused-ring (bicyclic) bond motifs is 1. The van der Waals surface area contributed by atoms with Crippen molar-refractivity contribution in [1.82, 2.24) is 0 Å². The molecule has 0 bridgehead atoms. The maximum Gasteiger partial charge on any atom is 0.231 e. The van der Waals surface area contributed by atoms with Crippen LogP contribution in [0, 0.1) is 0 Å². The Labute approximate surface area is 191 Å². The third-order valence-electron chi connectivity index (χ3n) is 4.45. The van der Waals surface area contributed by atoms with Gasteiger partial charge in [0.2, 0.25) is 5.78 Å². The highest BCUT2D eigenvalue weighted by Gasteiger charge is 2.28. The molecule has 150 valence electrons. The van der Waals surface area contributed by atoms with Crippen LogP contribution in [0.3, 0.4) is 0 Å². The standard InChI is InChI=1S/C23H13BrCl2O4/c24-14-6-4-13(5-7-14)20(27)12-29-15-8-9-16-21(10-15)30-22(23(16)28)11-17-18(25)2-1-3-19(17)26/h1-11H,12H2. The largest absolute Gasteiger partial charge is 0.485 e. The fourth-order valence-corrected chi connectivity index (χ4v) is 3.68. The molecule has 1 aliphatic rings. The van der Waals surface area contributed by atoms with Crippen molar-refractivity contribution in [3.63, 3.8) is 0 Å². The van der Waals surface area contributed by atoms with E-state index in [-0.39, 0.29) is 23.9 Å². The molecule has 7 heteroatoms. The van der Waals surface area contributed by atoms with Gasteiger partial charge in [-0.3, -0.25) is 9.59 Å². The van der Waals surface area contributed by atoms with E-state index in [0.29, 0.717) is 38.2 Å². The Morgan fingerprint density at radius 1 is 1.03 bits per heavy atom. The van der Waals surface area contributed by atoms with Gasteiger partial charge >= 0.3 is 0 Å². The van der Waals surface area contributed by atoms with Gasteiger partial charge in [0.1, 0.15) is 11.5 Å². The van der Waals surface area contributed by atoms with Gasteiger partial charge in [0.25, 0.3) is 0 Å². The molecule has 0 unspecified atom stereocenters. The smallest absolute Gasteiger partial charge is 0.231 e. The molecule has 0 N–H and O–H groups in total. The van der Waals surface area contributed by atoms with Gasteiger partial charge in [-0.2, -0.15) is 0 Å². The molecule has 0 fully saturated rings. The zero-order valence-electron chi connectivity index (χ0n) is 15.3. The second-order valence-corrected chi connectivity index (χ2v) is 8.18. The van der Waals surface area contributed by atoms with Gasteiger partial charge in [0.15, 0.2) is 18.1 Å². The molecule has 1 heterocycles. The van der Waals surface area contributed by atoms with Crippen LogP contribution in [0.15, 0.2) is 70.9 Å². The molecule has 30 heavy (non-hydrogen) atoms. The Kier molecular flexibility index (Phi) is 5.95. The molecule has 0 aliphatic carbocycles. The van der Waals surface area contributed by atoms with Crippen LogP contribution in [-0.2, 0) is 0 Å². The highest BCUT2D eigenvalue weighted by Crippen LogP contribution is 2.36. The summed E-state index contributed by atoms with van der Waals surface area (Å²) in [5.41, 5.74) is 1.46. The van der Waals surface area contributed by atoms with Crippen LogP contribution in [0.5, 0.6) is 11.5 Å². The SMILES string of the molecule is O=C(COc1ccc2c(c1)OC(=Cc1c(Cl)cccc1Cl)C2=O)c1ccc(Br)cc1. The number of carbonyl (C=O) groups excluding carboxylic acids is 2. The van der Waals surface area contributed by atoms with E-state index >= 15 is 0 Å². The van der Waals surface area contributed by atoms with Crippen molar-refractivity contribution in [3.8, 4) is 11.5 Å². The molecule has 0 aromatic heterocycles. The Morgan fingerprint density at radius 2 is 1.73 bits per heavy atom. The van der Waals surface area contributed by atoms with Crippen molar-refractivity contribution in [1.29, 1.82) is 0 Å². The lowest BCUT2D eigenvalue weighted by molar-refractivity contribution is 0.0921. The zero-order valence-corrected chi connectivity index (χ0v) is 18.4. The highest BCUT2D eigenvalue weighted by molar-refractivity contribution is 9.10. The number of halogens is 3. The summed E-state index contributed by atoms with van der Waals surface area (Å²) < 4.78 is 12.2. The fourth-order valence-electron chi connectivity index (χ4n) is 2.90. The Hall–Kier alpha value is -2.60. The van der Waals surface area contributed by atoms with Gasteiger partial charge < -0.3 is 9.47 Å². The van der Waals surface area contributed by atoms with Gasteiger partial charge in [-0.25, -0.2) is 0 Å². The number of hydrogen-bond donors (Lipinski definition) is 0. The van der Waals surface area contributed by atoms with Crippen molar-refractivity contribution < 1.29 is 19.1 Å². The van der Waals surface area contributed by atoms with Gasteiger partial charge in [0, 0.05) is 31.7 Å². The maximum atomic E-state index is 12.6. The monoisotopic (exact) mass is 502 g/mol. The van der Waals surface area contributed by atoms with Crippen LogP contribution in [-0.4, -0.2) is 18.2 Å². The van der Waals surface area contributed by atoms with E-state index in [1.165, 1.54) is 6.08 Å². The van der Waals surface area contributed by atoms with Crippen molar-refractivity contribution in [2.75, 3.05) is 6.61 Å². The number of benzene rings is 3. The lowest BCUT2D eigenvalue weighted by atomic mass is 10.1. The molecule has 4 rings (SSSR count). The maximum absolute atomic E-state index is 12.6. The van der Waals surface area contributed by atoms with E-state index in [9.17, 15) is 9.59 Å². The lowest BCUT2D eigenvalue weighted by Crippen LogP contribution is -2.11. The molecule has 3 aromatic rings. The number of ether oxygens (including phenoxy) is 2. The molecule has 0 spiro atoms. The zero-order chi connectivity index (χ0) is 21.3. The Bertz CT molecular complexity index is 1170. The second-order valence-electron chi connectivity index (χ2n) is 6.45. The summed E-state index contributed by atoms with van der Waals surface area (Å²) in [4.78, 5) is 24.9. The van der Waals surface area contributed by atoms with Crippen LogP contribution in [0.4, 0.5) is 0 Å². The third-order valence-corrected chi connectivity index (χ3v) is 5.64. The number of allylic oxidation sites excluding steroid dienone is 1. The Morgan fingerprint density at radius 3 is 2.43 bits per heavy atom. The average Bonchev–Trinajstić information content (AvgIpc) is 3.04. The molecular formula is C23H13BrCl2O4. The van der Waals surface area contributed by atoms with Gasteiger partial charge in [-0.15, -0.1) is 0 Å². The molecule has 0 amide bonds. The van der Waals surface area contributed by atoms with Gasteiger partial charge in [-0.1, -0.05) is 57.3 Å². The van der Waals surface area contributed by atoms with Crippen molar-refractivity contribution >= 4 is 56.8 Å². The molecule has 3 aromatic carbocycles. The first-order valence-corrected chi connectivity index (χ1v) is 10.4. The normalized spacial score (nSPS) is 13.8. The van der Waals surface area contributed by atoms with E-state index in [0.717, 1.165) is 4.47 Å². The summed E-state index contributed by atoms with van der Waals surface area (Å²) in [6.45, 7) is -0.133. The molecule has 0 atom stereocenters. The minimum absolute atomic E-state index is 0.114. The minimum atomic E-state index is -0.279. The number of carbonyl (C=O) groups is 2. The molecule has 1 aliphatic heterocycles. The first-order valence-electron chi connectivity index (χ1n) is 8.86. The van der Waals surface area contributed by atoms with E-state index in [1.54, 1.807) is 60.7 Å². The van der Waals surface area contributed by atoms with E-state index in [1.807, 2.05) is 0 Å². The molecule has 0 saturated carbocycles. The first kappa shape index (κ1) is 20.7. The predicted molar refractivity (Wildman–Crippen MR) is 120 cm³/mol. The summed E-state index contributed by atoms with van der Waals surface area (Å²) >= 11 is 15.7. The number of ketones is 2. The van der Waals surface area contributed by atoms with E-state index in [4.69, 9.17) is 32.7 Å². The third kappa shape index (κ3) is 4.29. The van der Waals surface area contributed by atoms with Crippen LogP contribution in [0.1, 0.15) is 26.3 Å². The van der Waals surface area contributed by atoms with Gasteiger partial charge in [-0.05, 0) is 42.5 Å². The van der Waals surface area contributed by atoms with E-state index in [2.05, 4.69) is 15.9 Å². The number of hydrogen-bond acceptors (Lipinski definition) is 4. The fraction of sp³-hybridized carbons (Fsp3) is 0.0435. The average molecular weight is 504 g/mol. The molecule has 0 saturated heterocycles. The molecular weight excluding hydrogens is 491 g/mol. The summed E-state index contributed by atoms with van der Waals surface area (Å²) in [7, 11) is 0. The summed E-state index contributed by atoms with van der Waals surface area (Å²) in [5, 5.41) is 0.829. The van der Waals surface area contributed by atoms with Crippen molar-refractivity contribution in [3.05, 3.63) is 97.6 Å². The number of rotatable bonds is 5. The summed E-state index contributed by atoms with van der Waals surface area (Å²) in [5.74, 6) is 0.447. The topological polar surface area (TPSA) is 52.6 Å². The first-order chi connectivity index (χ1) is 14.4. The molecule has 4 nitrogen and oxygen atoms in total. The molecule has 0 radical (unpaired) electrons. The highest BCUT2D eigenvalue weighted by atomic mass is 79.9. The minimum Gasteiger partial charge on any atom is -0.485 e. The predicted octanol–water partition coefficient (Wildman–Crippen LogP) is 6.63. The summed E-state index contributed by atoms with van der Waals surface area (Å²) in [6.07, 6.45) is 1.52.